The monoisotopic (exact) mass is 249 g/mol. The molecule has 0 aliphatic carbocycles. The number of carbonyl (C=O) groups is 1. The molecular weight excluding hydrogens is 229 g/mol. The highest BCUT2D eigenvalue weighted by Gasteiger charge is 2.33. The summed E-state index contributed by atoms with van der Waals surface area (Å²) in [5.74, 6) is -0.110. The number of Topliss-reactive ketones (excluding diaryl/α,β-unsaturated/α-hetero) is 1. The third kappa shape index (κ3) is 2.78. The van der Waals surface area contributed by atoms with Gasteiger partial charge in [-0.2, -0.15) is 0 Å². The van der Waals surface area contributed by atoms with E-state index in [0.29, 0.717) is 6.42 Å². The SMILES string of the molecule is Cc1ccc(F)cc1CC(=O)C1(C)CCCCN1. The third-order valence-corrected chi connectivity index (χ3v) is 3.90. The van der Waals surface area contributed by atoms with Gasteiger partial charge in [0.25, 0.3) is 0 Å². The van der Waals surface area contributed by atoms with E-state index < -0.39 is 5.54 Å². The van der Waals surface area contributed by atoms with Crippen molar-refractivity contribution in [1.29, 1.82) is 0 Å². The van der Waals surface area contributed by atoms with E-state index in [4.69, 9.17) is 0 Å². The molecule has 0 amide bonds. The lowest BCUT2D eigenvalue weighted by Crippen LogP contribution is -2.52. The number of hydrogen-bond donors (Lipinski definition) is 1. The topological polar surface area (TPSA) is 29.1 Å². The van der Waals surface area contributed by atoms with Crippen molar-refractivity contribution in [2.24, 2.45) is 0 Å². The Morgan fingerprint density at radius 3 is 2.89 bits per heavy atom. The molecule has 1 aromatic carbocycles. The highest BCUT2D eigenvalue weighted by Crippen LogP contribution is 2.22. The molecule has 1 N–H and O–H groups in total. The fourth-order valence-corrected chi connectivity index (χ4v) is 2.49. The van der Waals surface area contributed by atoms with Crippen LogP contribution in [0.1, 0.15) is 37.3 Å². The smallest absolute Gasteiger partial charge is 0.156 e. The van der Waals surface area contributed by atoms with Crippen LogP contribution in [0.5, 0.6) is 0 Å². The molecule has 0 spiro atoms. The Balaban J connectivity index is 2.13. The summed E-state index contributed by atoms with van der Waals surface area (Å²) in [5, 5.41) is 3.31. The fraction of sp³-hybridized carbons (Fsp3) is 0.533. The maximum Gasteiger partial charge on any atom is 0.156 e. The van der Waals surface area contributed by atoms with Gasteiger partial charge in [-0.05, 0) is 62.9 Å². The van der Waals surface area contributed by atoms with Gasteiger partial charge in [-0.15, -0.1) is 0 Å². The number of hydrogen-bond acceptors (Lipinski definition) is 2. The molecule has 0 bridgehead atoms. The summed E-state index contributed by atoms with van der Waals surface area (Å²) in [4.78, 5) is 12.4. The van der Waals surface area contributed by atoms with Gasteiger partial charge in [-0.25, -0.2) is 4.39 Å². The molecule has 2 rings (SSSR count). The molecule has 98 valence electrons. The number of nitrogens with one attached hydrogen (secondary N) is 1. The molecule has 1 saturated heterocycles. The second-order valence-electron chi connectivity index (χ2n) is 5.39. The Bertz CT molecular complexity index is 450. The first-order valence-corrected chi connectivity index (χ1v) is 6.55. The van der Waals surface area contributed by atoms with Gasteiger partial charge in [-0.3, -0.25) is 4.79 Å². The summed E-state index contributed by atoms with van der Waals surface area (Å²) in [5.41, 5.74) is 1.34. The quantitative estimate of drug-likeness (QED) is 0.892. The summed E-state index contributed by atoms with van der Waals surface area (Å²) >= 11 is 0. The number of carbonyl (C=O) groups excluding carboxylic acids is 1. The third-order valence-electron chi connectivity index (χ3n) is 3.90. The molecule has 2 nitrogen and oxygen atoms in total. The largest absolute Gasteiger partial charge is 0.305 e. The summed E-state index contributed by atoms with van der Waals surface area (Å²) < 4.78 is 13.2. The molecule has 18 heavy (non-hydrogen) atoms. The van der Waals surface area contributed by atoms with Gasteiger partial charge >= 0.3 is 0 Å². The predicted octanol–water partition coefficient (Wildman–Crippen LogP) is 2.78. The highest BCUT2D eigenvalue weighted by molar-refractivity contribution is 5.90. The average molecular weight is 249 g/mol. The van der Waals surface area contributed by atoms with E-state index in [1.807, 2.05) is 13.8 Å². The summed E-state index contributed by atoms with van der Waals surface area (Å²) in [7, 11) is 0. The zero-order valence-electron chi connectivity index (χ0n) is 11.1. The van der Waals surface area contributed by atoms with Crippen molar-refractivity contribution in [3.63, 3.8) is 0 Å². The van der Waals surface area contributed by atoms with Crippen LogP contribution < -0.4 is 5.32 Å². The molecule has 1 unspecified atom stereocenters. The van der Waals surface area contributed by atoms with Crippen molar-refractivity contribution in [3.8, 4) is 0 Å². The van der Waals surface area contributed by atoms with Gasteiger partial charge in [-0.1, -0.05) is 6.07 Å². The Morgan fingerprint density at radius 1 is 1.44 bits per heavy atom. The zero-order chi connectivity index (χ0) is 13.2. The van der Waals surface area contributed by atoms with Gasteiger partial charge in [0, 0.05) is 6.42 Å². The Labute approximate surface area is 108 Å². The summed E-state index contributed by atoms with van der Waals surface area (Å²) in [6.07, 6.45) is 3.40. The number of ketones is 1. The fourth-order valence-electron chi connectivity index (χ4n) is 2.49. The number of aryl methyl sites for hydroxylation is 1. The van der Waals surface area contributed by atoms with E-state index in [1.165, 1.54) is 12.1 Å². The van der Waals surface area contributed by atoms with E-state index in [2.05, 4.69) is 5.32 Å². The lowest BCUT2D eigenvalue weighted by Gasteiger charge is -2.33. The van der Waals surface area contributed by atoms with Crippen LogP contribution in [-0.2, 0) is 11.2 Å². The van der Waals surface area contributed by atoms with Crippen LogP contribution in [0.4, 0.5) is 4.39 Å². The molecule has 1 aromatic rings. The van der Waals surface area contributed by atoms with Gasteiger partial charge in [0.2, 0.25) is 0 Å². The first kappa shape index (κ1) is 13.2. The minimum atomic E-state index is -0.434. The van der Waals surface area contributed by atoms with Crippen LogP contribution in [0.2, 0.25) is 0 Å². The van der Waals surface area contributed by atoms with Gasteiger partial charge in [0.05, 0.1) is 5.54 Å². The van der Waals surface area contributed by atoms with Crippen LogP contribution in [0.3, 0.4) is 0 Å². The van der Waals surface area contributed by atoms with Crippen LogP contribution in [0, 0.1) is 12.7 Å². The molecule has 0 radical (unpaired) electrons. The average Bonchev–Trinajstić information content (AvgIpc) is 2.35. The normalized spacial score (nSPS) is 23.9. The van der Waals surface area contributed by atoms with Crippen molar-refractivity contribution in [2.75, 3.05) is 6.54 Å². The second kappa shape index (κ2) is 5.19. The van der Waals surface area contributed by atoms with Crippen LogP contribution in [-0.4, -0.2) is 17.9 Å². The number of rotatable bonds is 3. The van der Waals surface area contributed by atoms with E-state index in [0.717, 1.165) is 36.9 Å². The van der Waals surface area contributed by atoms with Crippen molar-refractivity contribution in [1.82, 2.24) is 5.32 Å². The molecule has 0 saturated carbocycles. The molecule has 1 atom stereocenters. The molecule has 1 heterocycles. The van der Waals surface area contributed by atoms with Crippen molar-refractivity contribution >= 4 is 5.78 Å². The minimum Gasteiger partial charge on any atom is -0.305 e. The first-order chi connectivity index (χ1) is 8.51. The van der Waals surface area contributed by atoms with E-state index in [1.54, 1.807) is 6.07 Å². The number of benzene rings is 1. The van der Waals surface area contributed by atoms with Crippen molar-refractivity contribution < 1.29 is 9.18 Å². The Hall–Kier alpha value is -1.22. The summed E-state index contributed by atoms with van der Waals surface area (Å²) in [6.45, 7) is 4.77. The van der Waals surface area contributed by atoms with Crippen LogP contribution >= 0.6 is 0 Å². The molecular formula is C15H20FNO. The molecule has 0 aromatic heterocycles. The zero-order valence-corrected chi connectivity index (χ0v) is 11.1. The lowest BCUT2D eigenvalue weighted by atomic mass is 9.83. The maximum atomic E-state index is 13.2. The van der Waals surface area contributed by atoms with E-state index in [-0.39, 0.29) is 11.6 Å². The molecule has 1 aliphatic heterocycles. The summed E-state index contributed by atoms with van der Waals surface area (Å²) in [6, 6.07) is 4.64. The molecule has 3 heteroatoms. The van der Waals surface area contributed by atoms with Crippen LogP contribution in [0.25, 0.3) is 0 Å². The van der Waals surface area contributed by atoms with Crippen molar-refractivity contribution in [3.05, 3.63) is 35.1 Å². The van der Waals surface area contributed by atoms with Crippen molar-refractivity contribution in [2.45, 2.75) is 45.1 Å². The van der Waals surface area contributed by atoms with Gasteiger partial charge in [0.15, 0.2) is 5.78 Å². The van der Waals surface area contributed by atoms with Gasteiger partial charge < -0.3 is 5.32 Å². The molecule has 1 fully saturated rings. The first-order valence-electron chi connectivity index (χ1n) is 6.55. The second-order valence-corrected chi connectivity index (χ2v) is 5.39. The van der Waals surface area contributed by atoms with E-state index >= 15 is 0 Å². The maximum absolute atomic E-state index is 13.2. The van der Waals surface area contributed by atoms with Gasteiger partial charge in [0.1, 0.15) is 5.82 Å². The Morgan fingerprint density at radius 2 is 2.22 bits per heavy atom. The van der Waals surface area contributed by atoms with E-state index in [9.17, 15) is 9.18 Å². The number of halogens is 1. The minimum absolute atomic E-state index is 0.163. The standard InChI is InChI=1S/C15H20FNO/c1-11-5-6-13(16)9-12(11)10-14(18)15(2)7-3-4-8-17-15/h5-6,9,17H,3-4,7-8,10H2,1-2H3. The predicted molar refractivity (Wildman–Crippen MR) is 70.1 cm³/mol. The van der Waals surface area contributed by atoms with Crippen LogP contribution in [0.15, 0.2) is 18.2 Å². The highest BCUT2D eigenvalue weighted by atomic mass is 19.1. The lowest BCUT2D eigenvalue weighted by molar-refractivity contribution is -0.125. The number of piperidine rings is 1. The Kier molecular flexibility index (Phi) is 3.81. The molecule has 1 aliphatic rings.